The highest BCUT2D eigenvalue weighted by molar-refractivity contribution is 5.77. The smallest absolute Gasteiger partial charge is 0.203 e. The van der Waals surface area contributed by atoms with Gasteiger partial charge in [0.1, 0.15) is 5.54 Å². The van der Waals surface area contributed by atoms with Crippen LogP contribution in [0.4, 0.5) is 0 Å². The Balaban J connectivity index is 4.49. The fourth-order valence-corrected chi connectivity index (χ4v) is 0.711. The zero-order chi connectivity index (χ0) is 9.61. The van der Waals surface area contributed by atoms with E-state index in [0.29, 0.717) is 6.42 Å². The van der Waals surface area contributed by atoms with Crippen molar-refractivity contribution in [2.45, 2.75) is 18.9 Å². The fraction of sp³-hybridized carbons (Fsp3) is 0.833. The largest absolute Gasteiger partial charge is 0.394 e. The van der Waals surface area contributed by atoms with E-state index in [1.54, 1.807) is 6.92 Å². The van der Waals surface area contributed by atoms with Crippen LogP contribution in [0.2, 0.25) is 0 Å². The zero-order valence-electron chi connectivity index (χ0n) is 7.12. The van der Waals surface area contributed by atoms with Gasteiger partial charge in [0.15, 0.2) is 0 Å². The van der Waals surface area contributed by atoms with Crippen LogP contribution in [0.1, 0.15) is 13.3 Å². The van der Waals surface area contributed by atoms with Crippen molar-refractivity contribution in [3.63, 3.8) is 0 Å². The maximum absolute atomic E-state index is 8.93. The summed E-state index contributed by atoms with van der Waals surface area (Å²) in [4.78, 5) is 3.84. The van der Waals surface area contributed by atoms with E-state index in [1.807, 2.05) is 0 Å². The lowest BCUT2D eigenvalue weighted by molar-refractivity contribution is 0.119. The summed E-state index contributed by atoms with van der Waals surface area (Å²) < 4.78 is 0. The minimum atomic E-state index is -0.920. The summed E-state index contributed by atoms with van der Waals surface area (Å²) in [6.45, 7) is 1.27. The molecule has 7 N–H and O–H groups in total. The number of aliphatic hydroxyl groups is 2. The molecule has 72 valence electrons. The number of hydrogen-bond acceptors (Lipinski definition) is 4. The van der Waals surface area contributed by atoms with Crippen LogP contribution in [0.15, 0.2) is 4.99 Å². The second-order valence-electron chi connectivity index (χ2n) is 2.54. The van der Waals surface area contributed by atoms with Gasteiger partial charge in [-0.3, -0.25) is 5.43 Å². The van der Waals surface area contributed by atoms with Crippen LogP contribution in [0.25, 0.3) is 0 Å². The number of hydrogen-bond donors (Lipinski definition) is 5. The molecule has 0 saturated heterocycles. The van der Waals surface area contributed by atoms with Crippen LogP contribution < -0.4 is 17.0 Å². The normalized spacial score (nSPS) is 13.2. The summed E-state index contributed by atoms with van der Waals surface area (Å²) >= 11 is 0. The number of guanidine groups is 1. The van der Waals surface area contributed by atoms with Gasteiger partial charge in [0.05, 0.1) is 13.2 Å². The molecule has 0 aliphatic carbocycles. The van der Waals surface area contributed by atoms with Crippen molar-refractivity contribution in [1.29, 1.82) is 0 Å². The molecule has 0 saturated carbocycles. The van der Waals surface area contributed by atoms with E-state index in [9.17, 15) is 0 Å². The molecule has 12 heavy (non-hydrogen) atoms. The summed E-state index contributed by atoms with van der Waals surface area (Å²) in [5.74, 6) is 4.97. The van der Waals surface area contributed by atoms with E-state index in [4.69, 9.17) is 21.8 Å². The first-order valence-electron chi connectivity index (χ1n) is 3.67. The van der Waals surface area contributed by atoms with Crippen molar-refractivity contribution >= 4 is 5.96 Å². The first-order chi connectivity index (χ1) is 5.64. The van der Waals surface area contributed by atoms with E-state index in [2.05, 4.69) is 10.4 Å². The Morgan fingerprint density at radius 2 is 2.00 bits per heavy atom. The molecule has 0 bridgehead atoms. The van der Waals surface area contributed by atoms with Crippen molar-refractivity contribution in [2.24, 2.45) is 16.6 Å². The van der Waals surface area contributed by atoms with Crippen molar-refractivity contribution < 1.29 is 10.2 Å². The summed E-state index contributed by atoms with van der Waals surface area (Å²) in [7, 11) is 0. The third-order valence-electron chi connectivity index (χ3n) is 1.75. The molecule has 0 heterocycles. The molecule has 0 rings (SSSR count). The number of aliphatic imine (C=N–C) groups is 1. The number of rotatable bonds is 4. The average Bonchev–Trinajstić information content (AvgIpc) is 2.14. The summed E-state index contributed by atoms with van der Waals surface area (Å²) in [6.07, 6.45) is 0.488. The molecule has 0 amide bonds. The SMILES string of the molecule is CCC(CO)(CO)N=C(N)NN. The third kappa shape index (κ3) is 2.65. The molecule has 0 aromatic rings. The first-order valence-corrected chi connectivity index (χ1v) is 3.67. The van der Waals surface area contributed by atoms with Gasteiger partial charge in [0, 0.05) is 0 Å². The topological polar surface area (TPSA) is 117 Å². The Kier molecular flexibility index (Phi) is 4.57. The summed E-state index contributed by atoms with van der Waals surface area (Å²) in [6, 6.07) is 0. The quantitative estimate of drug-likeness (QED) is 0.145. The molecule has 0 spiro atoms. The monoisotopic (exact) mass is 176 g/mol. The van der Waals surface area contributed by atoms with Crippen molar-refractivity contribution in [2.75, 3.05) is 13.2 Å². The Hall–Kier alpha value is -0.850. The van der Waals surface area contributed by atoms with Crippen molar-refractivity contribution in [3.8, 4) is 0 Å². The van der Waals surface area contributed by atoms with Crippen LogP contribution in [-0.4, -0.2) is 34.9 Å². The number of nitrogens with two attached hydrogens (primary N) is 2. The fourth-order valence-electron chi connectivity index (χ4n) is 0.711. The van der Waals surface area contributed by atoms with Crippen LogP contribution in [0.5, 0.6) is 0 Å². The average molecular weight is 176 g/mol. The van der Waals surface area contributed by atoms with Gasteiger partial charge in [-0.05, 0) is 6.42 Å². The number of aliphatic hydroxyl groups excluding tert-OH is 2. The van der Waals surface area contributed by atoms with E-state index >= 15 is 0 Å². The summed E-state index contributed by atoms with van der Waals surface area (Å²) in [5, 5.41) is 17.9. The second-order valence-corrected chi connectivity index (χ2v) is 2.54. The van der Waals surface area contributed by atoms with Gasteiger partial charge in [-0.25, -0.2) is 10.8 Å². The Labute approximate surface area is 71.2 Å². The van der Waals surface area contributed by atoms with Crippen molar-refractivity contribution in [3.05, 3.63) is 0 Å². The predicted octanol–water partition coefficient (Wildman–Crippen LogP) is -2.10. The zero-order valence-corrected chi connectivity index (χ0v) is 7.12. The number of hydrazine groups is 1. The molecular formula is C6H16N4O2. The van der Waals surface area contributed by atoms with Crippen LogP contribution in [0, 0.1) is 0 Å². The van der Waals surface area contributed by atoms with Gasteiger partial charge >= 0.3 is 0 Å². The number of nitrogens with zero attached hydrogens (tertiary/aromatic N) is 1. The minimum Gasteiger partial charge on any atom is -0.394 e. The van der Waals surface area contributed by atoms with Gasteiger partial charge < -0.3 is 15.9 Å². The van der Waals surface area contributed by atoms with E-state index in [0.717, 1.165) is 0 Å². The highest BCUT2D eigenvalue weighted by Crippen LogP contribution is 2.13. The van der Waals surface area contributed by atoms with Crippen molar-refractivity contribution in [1.82, 2.24) is 5.43 Å². The minimum absolute atomic E-state index is 0.0000463. The summed E-state index contributed by atoms with van der Waals surface area (Å²) in [5.41, 5.74) is 6.49. The van der Waals surface area contributed by atoms with Crippen LogP contribution in [0.3, 0.4) is 0 Å². The van der Waals surface area contributed by atoms with Crippen LogP contribution in [-0.2, 0) is 0 Å². The molecule has 0 aromatic carbocycles. The lowest BCUT2D eigenvalue weighted by Gasteiger charge is -2.23. The molecule has 0 atom stereocenters. The molecule has 0 aromatic heterocycles. The lowest BCUT2D eigenvalue weighted by atomic mass is 10.00. The molecule has 0 aliphatic heterocycles. The van der Waals surface area contributed by atoms with Gasteiger partial charge in [-0.2, -0.15) is 0 Å². The highest BCUT2D eigenvalue weighted by atomic mass is 16.3. The molecule has 0 unspecified atom stereocenters. The molecular weight excluding hydrogens is 160 g/mol. The maximum atomic E-state index is 8.93. The standard InChI is InChI=1S/C6H16N4O2/c1-2-6(3-11,4-12)9-5(7)10-8/h11-12H,2-4,8H2,1H3,(H3,7,9,10). The lowest BCUT2D eigenvalue weighted by Crippen LogP contribution is -2.43. The van der Waals surface area contributed by atoms with E-state index in [-0.39, 0.29) is 19.2 Å². The Morgan fingerprint density at radius 3 is 2.25 bits per heavy atom. The first kappa shape index (κ1) is 11.2. The van der Waals surface area contributed by atoms with Gasteiger partial charge in [0.2, 0.25) is 5.96 Å². The van der Waals surface area contributed by atoms with Gasteiger partial charge in [-0.1, -0.05) is 6.92 Å². The molecule has 0 radical (unpaired) electrons. The predicted molar refractivity (Wildman–Crippen MR) is 46.1 cm³/mol. The Morgan fingerprint density at radius 1 is 1.50 bits per heavy atom. The van der Waals surface area contributed by atoms with E-state index < -0.39 is 5.54 Å². The third-order valence-corrected chi connectivity index (χ3v) is 1.75. The van der Waals surface area contributed by atoms with E-state index in [1.165, 1.54) is 0 Å². The van der Waals surface area contributed by atoms with Gasteiger partial charge in [0.25, 0.3) is 0 Å². The second kappa shape index (κ2) is 4.91. The number of nitrogens with one attached hydrogen (secondary N) is 1. The molecule has 6 nitrogen and oxygen atoms in total. The molecule has 0 fully saturated rings. The van der Waals surface area contributed by atoms with Crippen LogP contribution >= 0.6 is 0 Å². The Bertz CT molecular complexity index is 147. The maximum Gasteiger partial charge on any atom is 0.203 e. The highest BCUT2D eigenvalue weighted by Gasteiger charge is 2.25. The molecule has 6 heteroatoms. The van der Waals surface area contributed by atoms with Gasteiger partial charge in [-0.15, -0.1) is 0 Å². The molecule has 0 aliphatic rings.